The number of allylic oxidation sites excluding steroid dienone is 8. The molecule has 25 heavy (non-hydrogen) atoms. The Bertz CT molecular complexity index is 662. The number of hydrogen-bond donors (Lipinski definition) is 0. The monoisotopic (exact) mass is 332 g/mol. The fourth-order valence-electron chi connectivity index (χ4n) is 2.74. The van der Waals surface area contributed by atoms with Crippen molar-refractivity contribution in [3.05, 3.63) is 108 Å². The average molecular weight is 333 g/mol. The van der Waals surface area contributed by atoms with Gasteiger partial charge < -0.3 is 0 Å². The Hall–Kier alpha value is -2.34. The molecule has 0 radical (unpaired) electrons. The lowest BCUT2D eigenvalue weighted by Crippen LogP contribution is -1.92. The summed E-state index contributed by atoms with van der Waals surface area (Å²) >= 11 is 0. The molecule has 0 amide bonds. The second kappa shape index (κ2) is 11.3. The van der Waals surface area contributed by atoms with E-state index in [9.17, 15) is 0 Å². The van der Waals surface area contributed by atoms with E-state index in [1.54, 1.807) is 0 Å². The molecular weight excluding hydrogens is 300 g/mol. The summed E-state index contributed by atoms with van der Waals surface area (Å²) in [5.74, 6) is 0. The molecular formula is C25H32. The summed E-state index contributed by atoms with van der Waals surface area (Å²) in [4.78, 5) is 0. The van der Waals surface area contributed by atoms with Crippen LogP contribution in [0.1, 0.15) is 44.2 Å². The molecule has 0 bridgehead atoms. The SMILES string of the molecule is C=C/C=C(/C)C(=C)CCCc1ccc(CC/C(C=C)=C(\C)C=C)cc1. The Labute approximate surface area is 154 Å². The molecule has 0 aliphatic carbocycles. The fraction of sp³-hybridized carbons (Fsp3) is 0.280. The van der Waals surface area contributed by atoms with Crippen molar-refractivity contribution < 1.29 is 0 Å². The van der Waals surface area contributed by atoms with E-state index in [4.69, 9.17) is 0 Å². The van der Waals surface area contributed by atoms with Crippen molar-refractivity contribution in [2.24, 2.45) is 0 Å². The first kappa shape index (κ1) is 20.7. The summed E-state index contributed by atoms with van der Waals surface area (Å²) in [7, 11) is 0. The van der Waals surface area contributed by atoms with Crippen LogP contribution in [-0.4, -0.2) is 0 Å². The summed E-state index contributed by atoms with van der Waals surface area (Å²) in [6.45, 7) is 19.8. The van der Waals surface area contributed by atoms with Crippen molar-refractivity contribution in [2.45, 2.75) is 46.0 Å². The van der Waals surface area contributed by atoms with E-state index in [0.717, 1.165) is 32.1 Å². The van der Waals surface area contributed by atoms with Gasteiger partial charge in [0.15, 0.2) is 0 Å². The van der Waals surface area contributed by atoms with Crippen LogP contribution in [0.4, 0.5) is 0 Å². The molecule has 1 rings (SSSR count). The van der Waals surface area contributed by atoms with Gasteiger partial charge in [-0.05, 0) is 73.8 Å². The van der Waals surface area contributed by atoms with E-state index < -0.39 is 0 Å². The molecule has 0 heterocycles. The molecule has 0 aliphatic heterocycles. The number of rotatable bonds is 11. The third-order valence-electron chi connectivity index (χ3n) is 4.63. The third-order valence-corrected chi connectivity index (χ3v) is 4.63. The van der Waals surface area contributed by atoms with Crippen LogP contribution in [0, 0.1) is 0 Å². The van der Waals surface area contributed by atoms with E-state index >= 15 is 0 Å². The maximum atomic E-state index is 4.15. The highest BCUT2D eigenvalue weighted by atomic mass is 14.1. The van der Waals surface area contributed by atoms with Crippen molar-refractivity contribution in [1.82, 2.24) is 0 Å². The van der Waals surface area contributed by atoms with Crippen LogP contribution in [-0.2, 0) is 12.8 Å². The summed E-state index contributed by atoms with van der Waals surface area (Å²) < 4.78 is 0. The van der Waals surface area contributed by atoms with Gasteiger partial charge in [0.05, 0.1) is 0 Å². The van der Waals surface area contributed by atoms with E-state index in [1.165, 1.54) is 33.4 Å². The lowest BCUT2D eigenvalue weighted by molar-refractivity contribution is 0.817. The summed E-state index contributed by atoms with van der Waals surface area (Å²) in [5, 5.41) is 0. The maximum Gasteiger partial charge on any atom is -0.0236 e. The second-order valence-corrected chi connectivity index (χ2v) is 6.48. The highest BCUT2D eigenvalue weighted by Gasteiger charge is 2.01. The summed E-state index contributed by atoms with van der Waals surface area (Å²) in [6, 6.07) is 9.00. The molecule has 0 N–H and O–H groups in total. The van der Waals surface area contributed by atoms with Gasteiger partial charge >= 0.3 is 0 Å². The van der Waals surface area contributed by atoms with Gasteiger partial charge in [0, 0.05) is 0 Å². The van der Waals surface area contributed by atoms with Gasteiger partial charge in [-0.3, -0.25) is 0 Å². The third kappa shape index (κ3) is 7.39. The lowest BCUT2D eigenvalue weighted by atomic mass is 9.98. The molecule has 1 aromatic rings. The van der Waals surface area contributed by atoms with Crippen LogP contribution >= 0.6 is 0 Å². The molecule has 0 fully saturated rings. The Morgan fingerprint density at radius 1 is 0.880 bits per heavy atom. The summed E-state index contributed by atoms with van der Waals surface area (Å²) in [6.07, 6.45) is 13.0. The van der Waals surface area contributed by atoms with E-state index in [-0.39, 0.29) is 0 Å². The van der Waals surface area contributed by atoms with Crippen LogP contribution in [0.15, 0.2) is 97.2 Å². The van der Waals surface area contributed by atoms with Crippen molar-refractivity contribution in [3.8, 4) is 0 Å². The van der Waals surface area contributed by atoms with Gasteiger partial charge in [0.1, 0.15) is 0 Å². The normalized spacial score (nSPS) is 12.3. The maximum absolute atomic E-state index is 4.15. The Balaban J connectivity index is 2.50. The highest BCUT2D eigenvalue weighted by molar-refractivity contribution is 5.32. The average Bonchev–Trinajstić information content (AvgIpc) is 2.63. The zero-order chi connectivity index (χ0) is 18.7. The topological polar surface area (TPSA) is 0 Å². The highest BCUT2D eigenvalue weighted by Crippen LogP contribution is 2.18. The van der Waals surface area contributed by atoms with Crippen LogP contribution in [0.25, 0.3) is 0 Å². The molecule has 1 aromatic carbocycles. The van der Waals surface area contributed by atoms with Crippen molar-refractivity contribution in [3.63, 3.8) is 0 Å². The van der Waals surface area contributed by atoms with Gasteiger partial charge in [-0.25, -0.2) is 0 Å². The first-order chi connectivity index (χ1) is 12.0. The molecule has 132 valence electrons. The first-order valence-corrected chi connectivity index (χ1v) is 9.01. The molecule has 0 heteroatoms. The first-order valence-electron chi connectivity index (χ1n) is 9.01. The molecule has 0 atom stereocenters. The Morgan fingerprint density at radius 2 is 1.48 bits per heavy atom. The Morgan fingerprint density at radius 3 is 2.00 bits per heavy atom. The van der Waals surface area contributed by atoms with E-state index in [2.05, 4.69) is 64.4 Å². The predicted molar refractivity (Wildman–Crippen MR) is 114 cm³/mol. The van der Waals surface area contributed by atoms with Gasteiger partial charge in [0.2, 0.25) is 0 Å². The summed E-state index contributed by atoms with van der Waals surface area (Å²) in [5.41, 5.74) is 7.69. The van der Waals surface area contributed by atoms with Crippen molar-refractivity contribution in [1.29, 1.82) is 0 Å². The molecule has 0 aliphatic rings. The second-order valence-electron chi connectivity index (χ2n) is 6.48. The predicted octanol–water partition coefficient (Wildman–Crippen LogP) is 7.32. The minimum absolute atomic E-state index is 1.01. The standard InChI is InChI=1S/C25H32/c1-7-11-21(5)22(6)12-10-13-23-14-16-24(17-15-23)18-19-25(9-3)20(4)8-2/h7-9,11,14-17H,1-3,6,10,12-13,18-19H2,4-5H3/b21-11-,25-20+. The molecule has 0 saturated carbocycles. The Kier molecular flexibility index (Phi) is 9.32. The zero-order valence-electron chi connectivity index (χ0n) is 16.0. The molecule has 0 aromatic heterocycles. The van der Waals surface area contributed by atoms with Crippen molar-refractivity contribution >= 4 is 0 Å². The van der Waals surface area contributed by atoms with E-state index in [0.29, 0.717) is 0 Å². The minimum atomic E-state index is 1.01. The van der Waals surface area contributed by atoms with Gasteiger partial charge in [0.25, 0.3) is 0 Å². The quantitative estimate of drug-likeness (QED) is 0.372. The van der Waals surface area contributed by atoms with Gasteiger partial charge in [-0.1, -0.05) is 80.5 Å². The number of aryl methyl sites for hydroxylation is 2. The number of hydrogen-bond acceptors (Lipinski definition) is 0. The largest absolute Gasteiger partial charge is 0.0991 e. The molecule has 0 saturated heterocycles. The van der Waals surface area contributed by atoms with E-state index in [1.807, 2.05) is 24.3 Å². The molecule has 0 spiro atoms. The van der Waals surface area contributed by atoms with Crippen LogP contribution < -0.4 is 0 Å². The number of benzene rings is 1. The zero-order valence-corrected chi connectivity index (χ0v) is 16.0. The van der Waals surface area contributed by atoms with Crippen LogP contribution in [0.3, 0.4) is 0 Å². The molecule has 0 nitrogen and oxygen atoms in total. The van der Waals surface area contributed by atoms with Gasteiger partial charge in [-0.15, -0.1) is 0 Å². The van der Waals surface area contributed by atoms with Crippen molar-refractivity contribution in [2.75, 3.05) is 0 Å². The van der Waals surface area contributed by atoms with Crippen LogP contribution in [0.5, 0.6) is 0 Å². The lowest BCUT2D eigenvalue weighted by Gasteiger charge is -2.08. The van der Waals surface area contributed by atoms with Crippen LogP contribution in [0.2, 0.25) is 0 Å². The smallest absolute Gasteiger partial charge is 0.0236 e. The van der Waals surface area contributed by atoms with Gasteiger partial charge in [-0.2, -0.15) is 0 Å². The molecule has 0 unspecified atom stereocenters. The minimum Gasteiger partial charge on any atom is -0.0991 e. The fourth-order valence-corrected chi connectivity index (χ4v) is 2.74.